The number of nitrogens with one attached hydrogen (secondary N) is 1. The highest BCUT2D eigenvalue weighted by molar-refractivity contribution is 7.90. The molecular formula is C12H18ClNO2S. The van der Waals surface area contributed by atoms with Crippen LogP contribution in [0.3, 0.4) is 0 Å². The highest BCUT2D eigenvalue weighted by Crippen LogP contribution is 2.27. The minimum absolute atomic E-state index is 0.0304. The van der Waals surface area contributed by atoms with Gasteiger partial charge in [-0.15, -0.1) is 0 Å². The van der Waals surface area contributed by atoms with E-state index in [0.717, 1.165) is 11.1 Å². The molecule has 1 aromatic rings. The van der Waals surface area contributed by atoms with Crippen molar-refractivity contribution >= 4 is 21.4 Å². The zero-order chi connectivity index (χ0) is 13.1. The lowest BCUT2D eigenvalue weighted by Crippen LogP contribution is -2.20. The molecule has 96 valence electrons. The standard InChI is InChI=1S/C12H18ClNO2S/c1-9-5-4-6-10(12(9)13)11(14-2)7-8-17(3,15)16/h4-6,11,14H,7-8H2,1-3H3. The van der Waals surface area contributed by atoms with Gasteiger partial charge in [0, 0.05) is 17.3 Å². The quantitative estimate of drug-likeness (QED) is 0.897. The molecule has 0 saturated carbocycles. The SMILES string of the molecule is CNC(CCS(C)(=O)=O)c1cccc(C)c1Cl. The molecule has 17 heavy (non-hydrogen) atoms. The molecule has 0 fully saturated rings. The normalized spacial score (nSPS) is 13.6. The van der Waals surface area contributed by atoms with Crippen LogP contribution < -0.4 is 5.32 Å². The summed E-state index contributed by atoms with van der Waals surface area (Å²) in [5, 5.41) is 3.82. The second kappa shape index (κ2) is 5.85. The van der Waals surface area contributed by atoms with E-state index < -0.39 is 9.84 Å². The molecule has 0 amide bonds. The Hall–Kier alpha value is -0.580. The molecule has 5 heteroatoms. The van der Waals surface area contributed by atoms with E-state index in [1.165, 1.54) is 6.26 Å². The number of benzene rings is 1. The first kappa shape index (κ1) is 14.5. The average Bonchev–Trinajstić information content (AvgIpc) is 2.23. The van der Waals surface area contributed by atoms with Crippen molar-refractivity contribution in [1.29, 1.82) is 0 Å². The Kier molecular flexibility index (Phi) is 4.98. The number of hydrogen-bond donors (Lipinski definition) is 1. The van der Waals surface area contributed by atoms with Gasteiger partial charge in [-0.3, -0.25) is 0 Å². The summed E-state index contributed by atoms with van der Waals surface area (Å²) in [5.74, 6) is 0.156. The van der Waals surface area contributed by atoms with Crippen LogP contribution in [-0.4, -0.2) is 27.5 Å². The minimum atomic E-state index is -2.94. The first-order valence-electron chi connectivity index (χ1n) is 5.45. The van der Waals surface area contributed by atoms with Crippen LogP contribution in [0.25, 0.3) is 0 Å². The maximum atomic E-state index is 11.2. The lowest BCUT2D eigenvalue weighted by atomic mass is 10.0. The van der Waals surface area contributed by atoms with Gasteiger partial charge in [0.05, 0.1) is 5.75 Å². The van der Waals surface area contributed by atoms with E-state index in [9.17, 15) is 8.42 Å². The fourth-order valence-corrected chi connectivity index (χ4v) is 2.65. The molecule has 1 unspecified atom stereocenters. The number of sulfone groups is 1. The second-order valence-corrected chi connectivity index (χ2v) is 6.88. The Morgan fingerprint density at radius 2 is 2.06 bits per heavy atom. The molecule has 0 spiro atoms. The lowest BCUT2D eigenvalue weighted by molar-refractivity contribution is 0.559. The van der Waals surface area contributed by atoms with Crippen LogP contribution >= 0.6 is 11.6 Å². The van der Waals surface area contributed by atoms with Gasteiger partial charge in [0.1, 0.15) is 9.84 Å². The zero-order valence-electron chi connectivity index (χ0n) is 10.3. The molecule has 0 aliphatic rings. The van der Waals surface area contributed by atoms with E-state index in [1.54, 1.807) is 0 Å². The maximum absolute atomic E-state index is 11.2. The van der Waals surface area contributed by atoms with Crippen molar-refractivity contribution in [2.75, 3.05) is 19.1 Å². The smallest absolute Gasteiger partial charge is 0.147 e. The van der Waals surface area contributed by atoms with E-state index >= 15 is 0 Å². The third-order valence-corrected chi connectivity index (χ3v) is 4.22. The highest BCUT2D eigenvalue weighted by Gasteiger charge is 2.16. The Labute approximate surface area is 108 Å². The van der Waals surface area contributed by atoms with Crippen LogP contribution in [0.1, 0.15) is 23.6 Å². The molecule has 0 heterocycles. The molecule has 1 aromatic carbocycles. The third kappa shape index (κ3) is 4.30. The average molecular weight is 276 g/mol. The molecule has 1 atom stereocenters. The largest absolute Gasteiger partial charge is 0.313 e. The Morgan fingerprint density at radius 3 is 2.59 bits per heavy atom. The number of halogens is 1. The van der Waals surface area contributed by atoms with Gasteiger partial charge in [-0.05, 0) is 31.5 Å². The molecule has 1 rings (SSSR count). The van der Waals surface area contributed by atoms with Gasteiger partial charge in [-0.25, -0.2) is 8.42 Å². The van der Waals surface area contributed by atoms with Crippen molar-refractivity contribution in [2.24, 2.45) is 0 Å². The Bertz CT molecular complexity index is 485. The van der Waals surface area contributed by atoms with Gasteiger partial charge >= 0.3 is 0 Å². The van der Waals surface area contributed by atoms with E-state index in [4.69, 9.17) is 11.6 Å². The zero-order valence-corrected chi connectivity index (χ0v) is 11.9. The third-order valence-electron chi connectivity index (χ3n) is 2.72. The van der Waals surface area contributed by atoms with Gasteiger partial charge < -0.3 is 5.32 Å². The first-order valence-corrected chi connectivity index (χ1v) is 7.89. The van der Waals surface area contributed by atoms with Crippen LogP contribution in [-0.2, 0) is 9.84 Å². The van der Waals surface area contributed by atoms with Crippen molar-refractivity contribution in [3.63, 3.8) is 0 Å². The number of aryl methyl sites for hydroxylation is 1. The molecule has 1 N–H and O–H groups in total. The van der Waals surface area contributed by atoms with Crippen LogP contribution in [0.4, 0.5) is 0 Å². The monoisotopic (exact) mass is 275 g/mol. The summed E-state index contributed by atoms with van der Waals surface area (Å²) < 4.78 is 22.3. The van der Waals surface area contributed by atoms with E-state index in [2.05, 4.69) is 5.32 Å². The first-order chi connectivity index (χ1) is 7.85. The fourth-order valence-electron chi connectivity index (χ4n) is 1.73. The molecule has 0 aromatic heterocycles. The summed E-state index contributed by atoms with van der Waals surface area (Å²) in [6.45, 7) is 1.94. The summed E-state index contributed by atoms with van der Waals surface area (Å²) in [6.07, 6.45) is 1.77. The topological polar surface area (TPSA) is 46.2 Å². The Morgan fingerprint density at radius 1 is 1.41 bits per heavy atom. The predicted octanol–water partition coefficient (Wildman–Crippen LogP) is 2.34. The van der Waals surface area contributed by atoms with E-state index in [0.29, 0.717) is 11.4 Å². The minimum Gasteiger partial charge on any atom is -0.313 e. The molecule has 0 bridgehead atoms. The molecular weight excluding hydrogens is 258 g/mol. The summed E-state index contributed by atoms with van der Waals surface area (Å²) in [6, 6.07) is 5.77. The summed E-state index contributed by atoms with van der Waals surface area (Å²) in [7, 11) is -1.13. The van der Waals surface area contributed by atoms with E-state index in [1.807, 2.05) is 32.2 Å². The van der Waals surface area contributed by atoms with Gasteiger partial charge in [0.15, 0.2) is 0 Å². The predicted molar refractivity (Wildman–Crippen MR) is 72.3 cm³/mol. The fraction of sp³-hybridized carbons (Fsp3) is 0.500. The Balaban J connectivity index is 2.90. The molecule has 0 radical (unpaired) electrons. The number of hydrogen-bond acceptors (Lipinski definition) is 3. The molecule has 0 aliphatic heterocycles. The molecule has 0 saturated heterocycles. The summed E-state index contributed by atoms with van der Waals surface area (Å²) >= 11 is 6.23. The van der Waals surface area contributed by atoms with Crippen LogP contribution in [0.2, 0.25) is 5.02 Å². The molecule has 0 aliphatic carbocycles. The van der Waals surface area contributed by atoms with Crippen molar-refractivity contribution in [3.8, 4) is 0 Å². The highest BCUT2D eigenvalue weighted by atomic mass is 35.5. The van der Waals surface area contributed by atoms with Crippen molar-refractivity contribution in [2.45, 2.75) is 19.4 Å². The van der Waals surface area contributed by atoms with Crippen molar-refractivity contribution in [3.05, 3.63) is 34.3 Å². The maximum Gasteiger partial charge on any atom is 0.147 e. The second-order valence-electron chi connectivity index (χ2n) is 4.24. The van der Waals surface area contributed by atoms with E-state index in [-0.39, 0.29) is 11.8 Å². The van der Waals surface area contributed by atoms with Gasteiger partial charge in [0.25, 0.3) is 0 Å². The lowest BCUT2D eigenvalue weighted by Gasteiger charge is -2.18. The van der Waals surface area contributed by atoms with Gasteiger partial charge in [0.2, 0.25) is 0 Å². The van der Waals surface area contributed by atoms with Crippen LogP contribution in [0.5, 0.6) is 0 Å². The molecule has 3 nitrogen and oxygen atoms in total. The van der Waals surface area contributed by atoms with Crippen molar-refractivity contribution in [1.82, 2.24) is 5.32 Å². The van der Waals surface area contributed by atoms with Crippen LogP contribution in [0.15, 0.2) is 18.2 Å². The summed E-state index contributed by atoms with van der Waals surface area (Å²) in [4.78, 5) is 0. The van der Waals surface area contributed by atoms with Gasteiger partial charge in [-0.1, -0.05) is 29.8 Å². The number of rotatable bonds is 5. The van der Waals surface area contributed by atoms with Crippen LogP contribution in [0, 0.1) is 6.92 Å². The van der Waals surface area contributed by atoms with Crippen molar-refractivity contribution < 1.29 is 8.42 Å². The summed E-state index contributed by atoms with van der Waals surface area (Å²) in [5.41, 5.74) is 1.96. The van der Waals surface area contributed by atoms with Gasteiger partial charge in [-0.2, -0.15) is 0 Å².